The van der Waals surface area contributed by atoms with E-state index in [1.165, 1.54) is 22.7 Å². The zero-order valence-electron chi connectivity index (χ0n) is 10.9. The van der Waals surface area contributed by atoms with Gasteiger partial charge >= 0.3 is 0 Å². The SMILES string of the molecule is CC1Cc2c(sc3nc(-c4cccc(F)c4)nn23)CN1. The highest BCUT2D eigenvalue weighted by Gasteiger charge is 2.22. The fourth-order valence-corrected chi connectivity index (χ4v) is 3.58. The van der Waals surface area contributed by atoms with Crippen molar-refractivity contribution in [3.8, 4) is 11.4 Å². The minimum Gasteiger partial charge on any atom is -0.309 e. The van der Waals surface area contributed by atoms with Gasteiger partial charge in [0.05, 0.1) is 5.69 Å². The van der Waals surface area contributed by atoms with Gasteiger partial charge in [0.25, 0.3) is 0 Å². The Morgan fingerprint density at radius 1 is 1.45 bits per heavy atom. The molecule has 1 aliphatic heterocycles. The van der Waals surface area contributed by atoms with Gasteiger partial charge in [-0.2, -0.15) is 4.98 Å². The van der Waals surface area contributed by atoms with Crippen LogP contribution in [0.5, 0.6) is 0 Å². The number of nitrogens with one attached hydrogen (secondary N) is 1. The third-order valence-corrected chi connectivity index (χ3v) is 4.64. The Balaban J connectivity index is 1.84. The Labute approximate surface area is 119 Å². The van der Waals surface area contributed by atoms with E-state index < -0.39 is 0 Å². The van der Waals surface area contributed by atoms with E-state index in [9.17, 15) is 4.39 Å². The molecule has 1 unspecified atom stereocenters. The third-order valence-electron chi connectivity index (χ3n) is 3.56. The fourth-order valence-electron chi connectivity index (χ4n) is 2.54. The number of thiazole rings is 1. The number of benzene rings is 1. The van der Waals surface area contributed by atoms with Crippen molar-refractivity contribution in [3.63, 3.8) is 0 Å². The monoisotopic (exact) mass is 288 g/mol. The highest BCUT2D eigenvalue weighted by molar-refractivity contribution is 7.17. The summed E-state index contributed by atoms with van der Waals surface area (Å²) in [6.45, 7) is 3.04. The number of hydrogen-bond donors (Lipinski definition) is 1. The van der Waals surface area contributed by atoms with Gasteiger partial charge < -0.3 is 5.32 Å². The average Bonchev–Trinajstić information content (AvgIpc) is 2.97. The molecule has 2 aromatic heterocycles. The highest BCUT2D eigenvalue weighted by Crippen LogP contribution is 2.28. The summed E-state index contributed by atoms with van der Waals surface area (Å²) >= 11 is 1.65. The van der Waals surface area contributed by atoms with Gasteiger partial charge in [0.15, 0.2) is 5.82 Å². The number of hydrogen-bond acceptors (Lipinski definition) is 4. The van der Waals surface area contributed by atoms with E-state index >= 15 is 0 Å². The quantitative estimate of drug-likeness (QED) is 0.748. The molecule has 1 aliphatic rings. The molecule has 0 saturated carbocycles. The van der Waals surface area contributed by atoms with Crippen molar-refractivity contribution in [1.82, 2.24) is 19.9 Å². The van der Waals surface area contributed by atoms with Gasteiger partial charge in [-0.1, -0.05) is 23.5 Å². The summed E-state index contributed by atoms with van der Waals surface area (Å²) in [4.78, 5) is 6.71. The van der Waals surface area contributed by atoms with E-state index in [1.54, 1.807) is 17.4 Å². The van der Waals surface area contributed by atoms with E-state index in [0.29, 0.717) is 11.9 Å². The van der Waals surface area contributed by atoms with Crippen LogP contribution in [0.1, 0.15) is 17.5 Å². The summed E-state index contributed by atoms with van der Waals surface area (Å²) in [6, 6.07) is 6.86. The molecule has 0 aliphatic carbocycles. The number of aromatic nitrogens is 3. The number of fused-ring (bicyclic) bond motifs is 3. The van der Waals surface area contributed by atoms with Gasteiger partial charge in [-0.05, 0) is 19.1 Å². The Morgan fingerprint density at radius 3 is 3.20 bits per heavy atom. The van der Waals surface area contributed by atoms with Crippen LogP contribution in [0.3, 0.4) is 0 Å². The van der Waals surface area contributed by atoms with Gasteiger partial charge in [0, 0.05) is 29.4 Å². The van der Waals surface area contributed by atoms with E-state index in [1.807, 2.05) is 10.6 Å². The molecule has 1 N–H and O–H groups in total. The lowest BCUT2D eigenvalue weighted by atomic mass is 10.1. The summed E-state index contributed by atoms with van der Waals surface area (Å²) in [7, 11) is 0. The fraction of sp³-hybridized carbons (Fsp3) is 0.286. The number of nitrogens with zero attached hydrogens (tertiary/aromatic N) is 3. The normalized spacial score (nSPS) is 18.4. The molecule has 0 fully saturated rings. The third kappa shape index (κ3) is 1.83. The van der Waals surface area contributed by atoms with Gasteiger partial charge in [-0.15, -0.1) is 5.10 Å². The van der Waals surface area contributed by atoms with Crippen LogP contribution in [0.2, 0.25) is 0 Å². The molecular weight excluding hydrogens is 275 g/mol. The largest absolute Gasteiger partial charge is 0.309 e. The Bertz CT molecular complexity index is 792. The van der Waals surface area contributed by atoms with Crippen molar-refractivity contribution in [2.75, 3.05) is 0 Å². The molecule has 1 aromatic carbocycles. The molecule has 102 valence electrons. The predicted molar refractivity (Wildman–Crippen MR) is 76.3 cm³/mol. The molecule has 20 heavy (non-hydrogen) atoms. The number of rotatable bonds is 1. The Kier molecular flexibility index (Phi) is 2.61. The van der Waals surface area contributed by atoms with Crippen LogP contribution in [-0.4, -0.2) is 20.6 Å². The molecule has 0 amide bonds. The van der Waals surface area contributed by atoms with Crippen LogP contribution >= 0.6 is 11.3 Å². The second-order valence-electron chi connectivity index (χ2n) is 5.10. The second-order valence-corrected chi connectivity index (χ2v) is 6.16. The molecule has 3 heterocycles. The van der Waals surface area contributed by atoms with Gasteiger partial charge in [-0.25, -0.2) is 8.91 Å². The predicted octanol–water partition coefficient (Wildman–Crippen LogP) is 2.63. The minimum absolute atomic E-state index is 0.263. The van der Waals surface area contributed by atoms with Crippen molar-refractivity contribution in [1.29, 1.82) is 0 Å². The average molecular weight is 288 g/mol. The Morgan fingerprint density at radius 2 is 2.35 bits per heavy atom. The molecule has 4 nitrogen and oxygen atoms in total. The smallest absolute Gasteiger partial charge is 0.213 e. The van der Waals surface area contributed by atoms with Crippen molar-refractivity contribution >= 4 is 16.3 Å². The van der Waals surface area contributed by atoms with Crippen molar-refractivity contribution in [2.24, 2.45) is 0 Å². The van der Waals surface area contributed by atoms with Gasteiger partial charge in [-0.3, -0.25) is 0 Å². The topological polar surface area (TPSA) is 42.2 Å². The molecular formula is C14H13FN4S. The van der Waals surface area contributed by atoms with Crippen molar-refractivity contribution in [2.45, 2.75) is 25.9 Å². The molecule has 0 bridgehead atoms. The molecule has 3 aromatic rings. The molecule has 1 atom stereocenters. The standard InChI is InChI=1S/C14H13FN4S/c1-8-5-11-12(7-16-8)20-14-17-13(18-19(11)14)9-3-2-4-10(15)6-9/h2-4,6,8,16H,5,7H2,1H3. The van der Waals surface area contributed by atoms with Crippen molar-refractivity contribution < 1.29 is 4.39 Å². The van der Waals surface area contributed by atoms with E-state index in [2.05, 4.69) is 22.3 Å². The molecule has 0 spiro atoms. The van der Waals surface area contributed by atoms with E-state index in [4.69, 9.17) is 0 Å². The summed E-state index contributed by atoms with van der Waals surface area (Å²) in [5.41, 5.74) is 1.95. The van der Waals surface area contributed by atoms with Gasteiger partial charge in [0.2, 0.25) is 4.96 Å². The molecule has 0 saturated heterocycles. The maximum atomic E-state index is 13.3. The summed E-state index contributed by atoms with van der Waals surface area (Å²) in [5, 5.41) is 7.99. The first-order valence-electron chi connectivity index (χ1n) is 6.57. The first-order chi connectivity index (χ1) is 9.70. The van der Waals surface area contributed by atoms with Crippen LogP contribution in [0.25, 0.3) is 16.3 Å². The lowest BCUT2D eigenvalue weighted by Crippen LogP contribution is -2.32. The van der Waals surface area contributed by atoms with Crippen LogP contribution in [0.15, 0.2) is 24.3 Å². The molecule has 0 radical (unpaired) electrons. The number of halogens is 1. The summed E-state index contributed by atoms with van der Waals surface area (Å²) < 4.78 is 15.2. The van der Waals surface area contributed by atoms with Crippen LogP contribution in [-0.2, 0) is 13.0 Å². The zero-order valence-corrected chi connectivity index (χ0v) is 11.7. The zero-order chi connectivity index (χ0) is 13.7. The van der Waals surface area contributed by atoms with Crippen LogP contribution in [0, 0.1) is 5.82 Å². The maximum Gasteiger partial charge on any atom is 0.213 e. The lowest BCUT2D eigenvalue weighted by Gasteiger charge is -2.19. The second kappa shape index (κ2) is 4.36. The van der Waals surface area contributed by atoms with E-state index in [0.717, 1.165) is 23.5 Å². The Hall–Kier alpha value is -1.79. The first kappa shape index (κ1) is 12.0. The summed E-state index contributed by atoms with van der Waals surface area (Å²) in [5.74, 6) is 0.324. The van der Waals surface area contributed by atoms with Gasteiger partial charge in [0.1, 0.15) is 5.82 Å². The van der Waals surface area contributed by atoms with Crippen molar-refractivity contribution in [3.05, 3.63) is 40.7 Å². The summed E-state index contributed by atoms with van der Waals surface area (Å²) in [6.07, 6.45) is 0.946. The van der Waals surface area contributed by atoms with E-state index in [-0.39, 0.29) is 5.82 Å². The van der Waals surface area contributed by atoms with Crippen LogP contribution in [0.4, 0.5) is 4.39 Å². The molecule has 6 heteroatoms. The lowest BCUT2D eigenvalue weighted by molar-refractivity contribution is 0.505. The maximum absolute atomic E-state index is 13.3. The highest BCUT2D eigenvalue weighted by atomic mass is 32.1. The van der Waals surface area contributed by atoms with Crippen LogP contribution < -0.4 is 5.32 Å². The first-order valence-corrected chi connectivity index (χ1v) is 7.39. The molecule has 4 rings (SSSR count). The minimum atomic E-state index is -0.263.